The van der Waals surface area contributed by atoms with Crippen LogP contribution in [0.1, 0.15) is 168 Å². The highest BCUT2D eigenvalue weighted by Gasteiger charge is 2.27. The molecule has 0 fully saturated rings. The molecule has 10 heteroatoms. The number of hydrogen-bond donors (Lipinski definition) is 5. The Bertz CT molecular complexity index is 812. The molecule has 278 valence electrons. The Labute approximate surface area is 288 Å². The van der Waals surface area contributed by atoms with Crippen LogP contribution in [0.4, 0.5) is 0 Å². The fourth-order valence-corrected chi connectivity index (χ4v) is 6.16. The average molecular weight is 689 g/mol. The standard InChI is InChI=1S/C37H73N2O7P/c1-3-5-7-9-11-13-15-16-17-18-19-20-22-24-26-28-34(40)32-37(42)39-35(33-46-47(43,44)45-31-30-38)36(41)29-27-25-23-21-14-12-10-8-6-4-2/h16-17,27,29,34-36,40-41H,3-15,18-26,28,30-33,38H2,1-2H3,(H,39,42)(H,43,44)/b17-16-,29-27+. The summed E-state index contributed by atoms with van der Waals surface area (Å²) in [5, 5.41) is 23.9. The molecular formula is C37H73N2O7P. The van der Waals surface area contributed by atoms with E-state index in [0.717, 1.165) is 51.4 Å². The zero-order chi connectivity index (χ0) is 34.9. The Morgan fingerprint density at radius 2 is 1.19 bits per heavy atom. The number of aliphatic hydroxyl groups excluding tert-OH is 2. The number of carbonyl (C=O) groups excluding carboxylic acids is 1. The van der Waals surface area contributed by atoms with E-state index in [2.05, 4.69) is 31.3 Å². The van der Waals surface area contributed by atoms with Crippen LogP contribution in [0.25, 0.3) is 0 Å². The zero-order valence-corrected chi connectivity index (χ0v) is 31.0. The lowest BCUT2D eigenvalue weighted by atomic mass is 10.0. The first-order chi connectivity index (χ1) is 22.8. The molecule has 0 rings (SSSR count). The molecule has 1 amide bonds. The summed E-state index contributed by atoms with van der Waals surface area (Å²) in [6, 6.07) is -0.980. The van der Waals surface area contributed by atoms with Gasteiger partial charge in [0, 0.05) is 6.54 Å². The van der Waals surface area contributed by atoms with Crippen LogP contribution in [0.15, 0.2) is 24.3 Å². The summed E-state index contributed by atoms with van der Waals surface area (Å²) >= 11 is 0. The van der Waals surface area contributed by atoms with Crippen molar-refractivity contribution in [3.63, 3.8) is 0 Å². The third-order valence-corrected chi connectivity index (χ3v) is 9.31. The number of aliphatic hydroxyl groups is 2. The van der Waals surface area contributed by atoms with Gasteiger partial charge in [0.05, 0.1) is 37.9 Å². The van der Waals surface area contributed by atoms with Gasteiger partial charge in [0.2, 0.25) is 5.91 Å². The average Bonchev–Trinajstić information content (AvgIpc) is 3.04. The number of carbonyl (C=O) groups is 1. The molecule has 4 unspecified atom stereocenters. The molecule has 0 saturated carbocycles. The van der Waals surface area contributed by atoms with Crippen LogP contribution in [0.2, 0.25) is 0 Å². The van der Waals surface area contributed by atoms with E-state index in [4.69, 9.17) is 14.8 Å². The lowest BCUT2D eigenvalue weighted by Crippen LogP contribution is -2.46. The first-order valence-corrected chi connectivity index (χ1v) is 20.5. The summed E-state index contributed by atoms with van der Waals surface area (Å²) in [6.07, 6.45) is 32.6. The van der Waals surface area contributed by atoms with Gasteiger partial charge in [-0.25, -0.2) is 4.57 Å². The third kappa shape index (κ3) is 31.9. The molecule has 9 nitrogen and oxygen atoms in total. The second-order valence-electron chi connectivity index (χ2n) is 13.0. The van der Waals surface area contributed by atoms with E-state index in [1.54, 1.807) is 6.08 Å². The van der Waals surface area contributed by atoms with Gasteiger partial charge in [-0.2, -0.15) is 0 Å². The maximum absolute atomic E-state index is 12.7. The van der Waals surface area contributed by atoms with Crippen molar-refractivity contribution >= 4 is 13.7 Å². The van der Waals surface area contributed by atoms with Crippen molar-refractivity contribution in [1.29, 1.82) is 0 Å². The smallest absolute Gasteiger partial charge is 0.393 e. The van der Waals surface area contributed by atoms with Gasteiger partial charge < -0.3 is 26.2 Å². The van der Waals surface area contributed by atoms with Crippen LogP contribution in [0.5, 0.6) is 0 Å². The number of nitrogens with one attached hydrogen (secondary N) is 1. The predicted molar refractivity (Wildman–Crippen MR) is 195 cm³/mol. The fourth-order valence-electron chi connectivity index (χ4n) is 5.40. The van der Waals surface area contributed by atoms with Crippen molar-refractivity contribution in [3.8, 4) is 0 Å². The largest absolute Gasteiger partial charge is 0.472 e. The molecule has 0 saturated heterocycles. The summed E-state index contributed by atoms with van der Waals surface area (Å²) in [6.45, 7) is 3.92. The minimum atomic E-state index is -4.39. The number of allylic oxidation sites excluding steroid dienone is 3. The lowest BCUT2D eigenvalue weighted by Gasteiger charge is -2.24. The number of rotatable bonds is 35. The van der Waals surface area contributed by atoms with Crippen molar-refractivity contribution in [2.45, 2.75) is 186 Å². The van der Waals surface area contributed by atoms with Gasteiger partial charge >= 0.3 is 7.82 Å². The highest BCUT2D eigenvalue weighted by molar-refractivity contribution is 7.47. The van der Waals surface area contributed by atoms with Gasteiger partial charge in [-0.15, -0.1) is 0 Å². The van der Waals surface area contributed by atoms with E-state index in [-0.39, 0.29) is 19.6 Å². The van der Waals surface area contributed by atoms with Crippen LogP contribution >= 0.6 is 7.82 Å². The molecule has 6 N–H and O–H groups in total. The van der Waals surface area contributed by atoms with Crippen molar-refractivity contribution in [2.24, 2.45) is 5.73 Å². The Balaban J connectivity index is 4.39. The highest BCUT2D eigenvalue weighted by atomic mass is 31.2. The topological polar surface area (TPSA) is 151 Å². The highest BCUT2D eigenvalue weighted by Crippen LogP contribution is 2.43. The van der Waals surface area contributed by atoms with Crippen LogP contribution in [0.3, 0.4) is 0 Å². The number of hydrogen-bond acceptors (Lipinski definition) is 7. The number of phosphoric ester groups is 1. The summed E-state index contributed by atoms with van der Waals surface area (Å²) < 4.78 is 21.9. The first-order valence-electron chi connectivity index (χ1n) is 19.0. The zero-order valence-electron chi connectivity index (χ0n) is 30.1. The van der Waals surface area contributed by atoms with Crippen LogP contribution in [-0.4, -0.2) is 59.0 Å². The summed E-state index contributed by atoms with van der Waals surface area (Å²) in [7, 11) is -4.39. The van der Waals surface area contributed by atoms with E-state index in [1.165, 1.54) is 89.9 Å². The van der Waals surface area contributed by atoms with Gasteiger partial charge in [-0.05, 0) is 44.9 Å². The van der Waals surface area contributed by atoms with E-state index in [9.17, 15) is 24.5 Å². The molecule has 0 aliphatic rings. The molecule has 0 aliphatic heterocycles. The predicted octanol–water partition coefficient (Wildman–Crippen LogP) is 8.80. The molecule has 0 spiro atoms. The maximum atomic E-state index is 12.7. The van der Waals surface area contributed by atoms with E-state index in [1.807, 2.05) is 6.08 Å². The Morgan fingerprint density at radius 1 is 0.723 bits per heavy atom. The molecule has 4 atom stereocenters. The summed E-state index contributed by atoms with van der Waals surface area (Å²) in [5.41, 5.74) is 5.34. The molecule has 0 aromatic heterocycles. The van der Waals surface area contributed by atoms with Crippen molar-refractivity contribution < 1.29 is 33.5 Å². The van der Waals surface area contributed by atoms with Gasteiger partial charge in [0.15, 0.2) is 0 Å². The van der Waals surface area contributed by atoms with Crippen molar-refractivity contribution in [2.75, 3.05) is 19.8 Å². The fraction of sp³-hybridized carbons (Fsp3) is 0.865. The Kier molecular flexibility index (Phi) is 32.7. The number of amides is 1. The number of unbranched alkanes of at least 4 members (excludes halogenated alkanes) is 19. The van der Waals surface area contributed by atoms with Gasteiger partial charge in [-0.3, -0.25) is 13.8 Å². The minimum Gasteiger partial charge on any atom is -0.393 e. The third-order valence-electron chi connectivity index (χ3n) is 8.33. The normalized spacial score (nSPS) is 15.3. The Morgan fingerprint density at radius 3 is 1.70 bits per heavy atom. The molecule has 0 aromatic rings. The summed E-state index contributed by atoms with van der Waals surface area (Å²) in [5.74, 6) is -0.454. The van der Waals surface area contributed by atoms with Crippen LogP contribution in [0, 0.1) is 0 Å². The van der Waals surface area contributed by atoms with Gasteiger partial charge in [0.1, 0.15) is 0 Å². The maximum Gasteiger partial charge on any atom is 0.472 e. The first kappa shape index (κ1) is 45.9. The van der Waals surface area contributed by atoms with Crippen molar-refractivity contribution in [1.82, 2.24) is 5.32 Å². The van der Waals surface area contributed by atoms with Gasteiger partial charge in [-0.1, -0.05) is 141 Å². The van der Waals surface area contributed by atoms with Crippen LogP contribution in [-0.2, 0) is 18.4 Å². The molecule has 47 heavy (non-hydrogen) atoms. The van der Waals surface area contributed by atoms with E-state index < -0.39 is 38.6 Å². The lowest BCUT2D eigenvalue weighted by molar-refractivity contribution is -0.124. The monoisotopic (exact) mass is 689 g/mol. The number of phosphoric acid groups is 1. The van der Waals surface area contributed by atoms with Gasteiger partial charge in [0.25, 0.3) is 0 Å². The molecular weight excluding hydrogens is 615 g/mol. The van der Waals surface area contributed by atoms with Crippen molar-refractivity contribution in [3.05, 3.63) is 24.3 Å². The molecule has 0 radical (unpaired) electrons. The quantitative estimate of drug-likeness (QED) is 0.0252. The second-order valence-corrected chi connectivity index (χ2v) is 14.4. The molecule has 0 aromatic carbocycles. The van der Waals surface area contributed by atoms with E-state index >= 15 is 0 Å². The molecule has 0 aliphatic carbocycles. The van der Waals surface area contributed by atoms with E-state index in [0.29, 0.717) is 6.42 Å². The molecule has 0 bridgehead atoms. The Hall–Kier alpha value is -1.06. The number of nitrogens with two attached hydrogens (primary N) is 1. The van der Waals surface area contributed by atoms with Crippen LogP contribution < -0.4 is 11.1 Å². The SMILES string of the molecule is CCCCCCCC/C=C\CCCCCCCC(O)CC(=O)NC(COP(=O)(O)OCCN)C(O)/C=C/CCCCCCCCCC. The summed E-state index contributed by atoms with van der Waals surface area (Å²) in [4.78, 5) is 22.6. The minimum absolute atomic E-state index is 0.0484. The second kappa shape index (κ2) is 33.4. The molecule has 0 heterocycles.